The molecule has 1 heterocycles. The van der Waals surface area contributed by atoms with E-state index in [1.165, 1.54) is 11.2 Å². The summed E-state index contributed by atoms with van der Waals surface area (Å²) in [7, 11) is 0. The van der Waals surface area contributed by atoms with Gasteiger partial charge in [-0.1, -0.05) is 48.5 Å². The molecule has 2 aromatic carbocycles. The van der Waals surface area contributed by atoms with Gasteiger partial charge in [0.1, 0.15) is 19.2 Å². The second-order valence-corrected chi connectivity index (χ2v) is 8.89. The average Bonchev–Trinajstić information content (AvgIpc) is 3.47. The number of ether oxygens (including phenoxy) is 1. The fraction of sp³-hybridized carbons (Fsp3) is 0.308. The average molecular weight is 475 g/mol. The van der Waals surface area contributed by atoms with Crippen LogP contribution in [0.3, 0.4) is 0 Å². The Labute approximate surface area is 202 Å². The summed E-state index contributed by atoms with van der Waals surface area (Å²) in [5.41, 5.74) is 5.07. The smallest absolute Gasteiger partial charge is 0.407 e. The van der Waals surface area contributed by atoms with Crippen molar-refractivity contribution in [3.63, 3.8) is 0 Å². The number of carbonyl (C=O) groups is 3. The lowest BCUT2D eigenvalue weighted by Crippen LogP contribution is -2.52. The Hall–Kier alpha value is -4.14. The van der Waals surface area contributed by atoms with Crippen LogP contribution in [0.4, 0.5) is 4.79 Å². The first kappa shape index (κ1) is 22.6. The van der Waals surface area contributed by atoms with E-state index in [-0.39, 0.29) is 25.0 Å². The molecule has 3 aromatic rings. The van der Waals surface area contributed by atoms with Gasteiger partial charge in [-0.3, -0.25) is 9.59 Å². The van der Waals surface area contributed by atoms with E-state index in [4.69, 9.17) is 4.74 Å². The third-order valence-electron chi connectivity index (χ3n) is 6.49. The van der Waals surface area contributed by atoms with Crippen LogP contribution >= 0.6 is 0 Å². The van der Waals surface area contributed by atoms with Crippen LogP contribution in [-0.2, 0) is 20.7 Å². The zero-order valence-corrected chi connectivity index (χ0v) is 19.0. The molecule has 9 nitrogen and oxygen atoms in total. The molecule has 180 valence electrons. The highest BCUT2D eigenvalue weighted by Crippen LogP contribution is 2.44. The minimum atomic E-state index is -1.09. The second-order valence-electron chi connectivity index (χ2n) is 8.89. The molecule has 1 atom stereocenters. The molecule has 1 aromatic heterocycles. The third kappa shape index (κ3) is 4.89. The summed E-state index contributed by atoms with van der Waals surface area (Å²) >= 11 is 0. The van der Waals surface area contributed by atoms with Gasteiger partial charge in [0.2, 0.25) is 5.91 Å². The predicted molar refractivity (Wildman–Crippen MR) is 127 cm³/mol. The van der Waals surface area contributed by atoms with Crippen molar-refractivity contribution in [3.05, 3.63) is 77.9 Å². The van der Waals surface area contributed by atoms with E-state index in [2.05, 4.69) is 27.4 Å². The molecule has 9 heteroatoms. The third-order valence-corrected chi connectivity index (χ3v) is 6.49. The van der Waals surface area contributed by atoms with Crippen LogP contribution in [0.15, 0.2) is 61.1 Å². The molecule has 35 heavy (non-hydrogen) atoms. The molecule has 2 aliphatic rings. The molecule has 0 spiro atoms. The van der Waals surface area contributed by atoms with Crippen molar-refractivity contribution in [2.75, 3.05) is 13.2 Å². The fourth-order valence-corrected chi connectivity index (χ4v) is 4.72. The lowest BCUT2D eigenvalue weighted by Gasteiger charge is -2.26. The Balaban J connectivity index is 1.30. The van der Waals surface area contributed by atoms with Crippen LogP contribution in [0, 0.1) is 0 Å². The zero-order chi connectivity index (χ0) is 24.4. The van der Waals surface area contributed by atoms with Gasteiger partial charge in [0.15, 0.2) is 0 Å². The van der Waals surface area contributed by atoms with Crippen LogP contribution in [0.5, 0.6) is 0 Å². The number of amides is 2. The highest BCUT2D eigenvalue weighted by atomic mass is 16.5. The molecular weight excluding hydrogens is 448 g/mol. The molecule has 1 fully saturated rings. The summed E-state index contributed by atoms with van der Waals surface area (Å²) in [4.78, 5) is 45.7. The number of nitrogens with one attached hydrogen (secondary N) is 2. The SMILES string of the molecule is O=C(O)CN(C(=O)[C@@H](Cc1cnc[nH]1)NC(=O)OCC1c2ccccc2-c2ccccc21)C1CC1. The van der Waals surface area contributed by atoms with Gasteiger partial charge in [-0.05, 0) is 35.1 Å². The molecule has 5 rings (SSSR count). The quantitative estimate of drug-likeness (QED) is 0.438. The van der Waals surface area contributed by atoms with Gasteiger partial charge in [-0.2, -0.15) is 0 Å². The first-order chi connectivity index (χ1) is 17.0. The zero-order valence-electron chi connectivity index (χ0n) is 19.0. The van der Waals surface area contributed by atoms with Crippen LogP contribution < -0.4 is 5.32 Å². The molecule has 0 aliphatic heterocycles. The maximum Gasteiger partial charge on any atom is 0.407 e. The van der Waals surface area contributed by atoms with E-state index in [1.807, 2.05) is 36.4 Å². The molecule has 1 saturated carbocycles. The van der Waals surface area contributed by atoms with Crippen molar-refractivity contribution in [2.24, 2.45) is 0 Å². The van der Waals surface area contributed by atoms with Crippen molar-refractivity contribution >= 4 is 18.0 Å². The number of imidazole rings is 1. The number of hydrogen-bond acceptors (Lipinski definition) is 5. The van der Waals surface area contributed by atoms with E-state index in [0.717, 1.165) is 35.1 Å². The number of rotatable bonds is 9. The van der Waals surface area contributed by atoms with Gasteiger partial charge in [0.05, 0.1) is 6.33 Å². The molecule has 0 saturated heterocycles. The molecular formula is C26H26N4O5. The number of aromatic nitrogens is 2. The summed E-state index contributed by atoms with van der Waals surface area (Å²) in [6, 6.07) is 15.0. The fourth-order valence-electron chi connectivity index (χ4n) is 4.72. The highest BCUT2D eigenvalue weighted by molar-refractivity contribution is 5.89. The number of carboxylic acid groups (broad SMARTS) is 1. The Bertz CT molecular complexity index is 1190. The number of aliphatic carboxylic acids is 1. The Kier molecular flexibility index (Phi) is 6.22. The Morgan fingerprint density at radius 1 is 1.09 bits per heavy atom. The van der Waals surface area contributed by atoms with Crippen molar-refractivity contribution in [3.8, 4) is 11.1 Å². The van der Waals surface area contributed by atoms with Crippen molar-refractivity contribution in [1.82, 2.24) is 20.2 Å². The molecule has 2 aliphatic carbocycles. The van der Waals surface area contributed by atoms with Gasteiger partial charge < -0.3 is 25.0 Å². The van der Waals surface area contributed by atoms with E-state index in [0.29, 0.717) is 5.69 Å². The van der Waals surface area contributed by atoms with E-state index in [9.17, 15) is 19.5 Å². The topological polar surface area (TPSA) is 125 Å². The van der Waals surface area contributed by atoms with E-state index >= 15 is 0 Å². The maximum atomic E-state index is 13.3. The van der Waals surface area contributed by atoms with Gasteiger partial charge >= 0.3 is 12.1 Å². The number of carbonyl (C=O) groups excluding carboxylic acids is 2. The largest absolute Gasteiger partial charge is 0.480 e. The van der Waals surface area contributed by atoms with Crippen molar-refractivity contribution < 1.29 is 24.2 Å². The Morgan fingerprint density at radius 3 is 2.31 bits per heavy atom. The van der Waals surface area contributed by atoms with Crippen LogP contribution in [0.25, 0.3) is 11.1 Å². The highest BCUT2D eigenvalue weighted by Gasteiger charge is 2.38. The van der Waals surface area contributed by atoms with E-state index in [1.54, 1.807) is 6.20 Å². The van der Waals surface area contributed by atoms with Gasteiger partial charge in [-0.25, -0.2) is 9.78 Å². The summed E-state index contributed by atoms with van der Waals surface area (Å²) in [5.74, 6) is -1.64. The minimum Gasteiger partial charge on any atom is -0.480 e. The van der Waals surface area contributed by atoms with E-state index < -0.39 is 30.6 Å². The summed E-state index contributed by atoms with van der Waals surface area (Å²) in [6.45, 7) is -0.290. The number of H-pyrrole nitrogens is 1. The first-order valence-corrected chi connectivity index (χ1v) is 11.6. The van der Waals surface area contributed by atoms with Crippen molar-refractivity contribution in [2.45, 2.75) is 37.3 Å². The molecule has 3 N–H and O–H groups in total. The summed E-state index contributed by atoms with van der Waals surface area (Å²) < 4.78 is 5.61. The monoisotopic (exact) mass is 474 g/mol. The predicted octanol–water partition coefficient (Wildman–Crippen LogP) is 2.94. The summed E-state index contributed by atoms with van der Waals surface area (Å²) in [6.07, 6.45) is 3.97. The van der Waals surface area contributed by atoms with Gasteiger partial charge in [-0.15, -0.1) is 0 Å². The normalized spacial score (nSPS) is 15.1. The van der Waals surface area contributed by atoms with Crippen LogP contribution in [0.2, 0.25) is 0 Å². The maximum absolute atomic E-state index is 13.3. The summed E-state index contributed by atoms with van der Waals surface area (Å²) in [5, 5.41) is 11.9. The lowest BCUT2D eigenvalue weighted by molar-refractivity contribution is -0.145. The number of carboxylic acids is 1. The number of nitrogens with zero attached hydrogens (tertiary/aromatic N) is 2. The molecule has 0 bridgehead atoms. The minimum absolute atomic E-state index is 0.107. The number of fused-ring (bicyclic) bond motifs is 3. The molecule has 2 amide bonds. The van der Waals surface area contributed by atoms with Crippen molar-refractivity contribution in [1.29, 1.82) is 0 Å². The molecule has 0 radical (unpaired) electrons. The van der Waals surface area contributed by atoms with Gasteiger partial charge in [0, 0.05) is 30.3 Å². The number of aromatic amines is 1. The standard InChI is InChI=1S/C26H26N4O5/c31-24(32)13-30(17-9-10-17)25(33)23(11-16-12-27-15-28-16)29-26(34)35-14-22-20-7-3-1-5-18(20)19-6-2-4-8-21(19)22/h1-8,12,15,17,22-23H,9-11,13-14H2,(H,27,28)(H,29,34)(H,31,32)/t23-/m1/s1. The number of alkyl carbamates (subject to hydrolysis) is 1. The first-order valence-electron chi connectivity index (χ1n) is 11.6. The Morgan fingerprint density at radius 2 is 1.74 bits per heavy atom. The van der Waals surface area contributed by atoms with Crippen LogP contribution in [-0.4, -0.2) is 63.2 Å². The number of benzene rings is 2. The second kappa shape index (κ2) is 9.61. The molecule has 0 unspecified atom stereocenters. The number of hydrogen-bond donors (Lipinski definition) is 3. The van der Waals surface area contributed by atoms with Crippen LogP contribution in [0.1, 0.15) is 35.6 Å². The van der Waals surface area contributed by atoms with Gasteiger partial charge in [0.25, 0.3) is 0 Å². The lowest BCUT2D eigenvalue weighted by atomic mass is 9.98.